The van der Waals surface area contributed by atoms with Crippen molar-refractivity contribution in [1.82, 2.24) is 10.6 Å². The number of carbonyl (C=O) groups excluding carboxylic acids is 2. The fourth-order valence-electron chi connectivity index (χ4n) is 2.30. The van der Waals surface area contributed by atoms with Gasteiger partial charge in [-0.25, -0.2) is 4.79 Å². The van der Waals surface area contributed by atoms with E-state index in [2.05, 4.69) is 15.4 Å². The highest BCUT2D eigenvalue weighted by Gasteiger charge is 2.43. The zero-order chi connectivity index (χ0) is 18.1. The second kappa shape index (κ2) is 10.4. The van der Waals surface area contributed by atoms with Crippen molar-refractivity contribution in [2.24, 2.45) is 0 Å². The highest BCUT2D eigenvalue weighted by molar-refractivity contribution is 5.76. The number of carbonyl (C=O) groups is 2. The fourth-order valence-corrected chi connectivity index (χ4v) is 2.30. The Kier molecular flexibility index (Phi) is 8.93. The number of hydrogen-bond acceptors (Lipinski definition) is 8. The van der Waals surface area contributed by atoms with Gasteiger partial charge in [0.1, 0.15) is 24.4 Å². The minimum Gasteiger partial charge on any atom is -0.453 e. The van der Waals surface area contributed by atoms with Gasteiger partial charge >= 0.3 is 6.09 Å². The van der Waals surface area contributed by atoms with Crippen molar-refractivity contribution in [3.05, 3.63) is 0 Å². The molecule has 0 aliphatic carbocycles. The molecule has 1 aliphatic rings. The summed E-state index contributed by atoms with van der Waals surface area (Å²) in [4.78, 5) is 22.6. The third-order valence-electron chi connectivity index (χ3n) is 3.73. The molecule has 1 rings (SSSR count). The standard InChI is InChI=1S/C14H26N2O8/c1-23-14(22)15-6-4-2-3-5-9(18)16-13-12(21)11(20)10(19)8(7-17)24-13/h8,10-13,17,19-21H,2-7H2,1H3,(H,15,22)(H,16,18)/t8-,10+,11+,12-,13-/m1/s1. The molecule has 24 heavy (non-hydrogen) atoms. The zero-order valence-electron chi connectivity index (χ0n) is 13.6. The summed E-state index contributed by atoms with van der Waals surface area (Å²) in [5, 5.41) is 43.1. The highest BCUT2D eigenvalue weighted by Crippen LogP contribution is 2.19. The van der Waals surface area contributed by atoms with Crippen LogP contribution in [0.2, 0.25) is 0 Å². The third-order valence-corrected chi connectivity index (χ3v) is 3.73. The molecule has 6 N–H and O–H groups in total. The van der Waals surface area contributed by atoms with Crippen molar-refractivity contribution < 1.29 is 39.5 Å². The van der Waals surface area contributed by atoms with Crippen LogP contribution >= 0.6 is 0 Å². The van der Waals surface area contributed by atoms with Crippen molar-refractivity contribution in [2.45, 2.75) is 56.3 Å². The molecule has 0 aromatic rings. The Morgan fingerprint density at radius 3 is 2.42 bits per heavy atom. The lowest BCUT2D eigenvalue weighted by Crippen LogP contribution is -2.63. The van der Waals surface area contributed by atoms with Gasteiger partial charge in [0.15, 0.2) is 6.23 Å². The summed E-state index contributed by atoms with van der Waals surface area (Å²) in [5.74, 6) is -0.389. The molecule has 2 amide bonds. The van der Waals surface area contributed by atoms with Gasteiger partial charge in [-0.3, -0.25) is 4.79 Å². The molecule has 5 atom stereocenters. The number of alkyl carbamates (subject to hydrolysis) is 1. The number of amides is 2. The van der Waals surface area contributed by atoms with Crippen molar-refractivity contribution in [3.63, 3.8) is 0 Å². The first-order chi connectivity index (χ1) is 11.4. The first-order valence-electron chi connectivity index (χ1n) is 7.82. The van der Waals surface area contributed by atoms with E-state index >= 15 is 0 Å². The van der Waals surface area contributed by atoms with E-state index in [1.54, 1.807) is 0 Å². The van der Waals surface area contributed by atoms with Crippen LogP contribution in [0.5, 0.6) is 0 Å². The lowest BCUT2D eigenvalue weighted by Gasteiger charge is -2.40. The van der Waals surface area contributed by atoms with Crippen LogP contribution < -0.4 is 10.6 Å². The highest BCUT2D eigenvalue weighted by atomic mass is 16.6. The Morgan fingerprint density at radius 2 is 1.79 bits per heavy atom. The first kappa shape index (κ1) is 20.6. The Morgan fingerprint density at radius 1 is 1.08 bits per heavy atom. The number of unbranched alkanes of at least 4 members (excludes halogenated alkanes) is 2. The van der Waals surface area contributed by atoms with E-state index in [1.165, 1.54) is 7.11 Å². The van der Waals surface area contributed by atoms with E-state index in [9.17, 15) is 24.9 Å². The summed E-state index contributed by atoms with van der Waals surface area (Å²) >= 11 is 0. The molecule has 1 aliphatic heterocycles. The molecule has 0 saturated carbocycles. The average molecular weight is 350 g/mol. The lowest BCUT2D eigenvalue weighted by atomic mass is 9.98. The Hall–Kier alpha value is -1.46. The number of aliphatic hydroxyl groups is 4. The molecule has 10 heteroatoms. The van der Waals surface area contributed by atoms with Gasteiger partial charge in [-0.05, 0) is 12.8 Å². The van der Waals surface area contributed by atoms with Crippen LogP contribution in [0, 0.1) is 0 Å². The molecule has 10 nitrogen and oxygen atoms in total. The van der Waals surface area contributed by atoms with Crippen LogP contribution in [0.1, 0.15) is 25.7 Å². The molecule has 0 radical (unpaired) electrons. The minimum atomic E-state index is -1.52. The molecule has 0 aromatic heterocycles. The number of rotatable bonds is 8. The van der Waals surface area contributed by atoms with E-state index in [-0.39, 0.29) is 12.3 Å². The second-order valence-corrected chi connectivity index (χ2v) is 5.55. The van der Waals surface area contributed by atoms with E-state index in [0.29, 0.717) is 25.8 Å². The molecule has 1 heterocycles. The Balaban J connectivity index is 2.25. The quantitative estimate of drug-likeness (QED) is 0.270. The van der Waals surface area contributed by atoms with Gasteiger partial charge < -0.3 is 40.5 Å². The summed E-state index contributed by atoms with van der Waals surface area (Å²) in [6.45, 7) is -0.106. The predicted molar refractivity (Wildman–Crippen MR) is 80.8 cm³/mol. The second-order valence-electron chi connectivity index (χ2n) is 5.55. The molecular formula is C14H26N2O8. The van der Waals surface area contributed by atoms with E-state index in [1.807, 2.05) is 0 Å². The normalized spacial score (nSPS) is 29.8. The number of methoxy groups -OCH3 is 1. The topological polar surface area (TPSA) is 158 Å². The summed E-state index contributed by atoms with van der Waals surface area (Å²) in [5.41, 5.74) is 0. The molecule has 140 valence electrons. The smallest absolute Gasteiger partial charge is 0.406 e. The van der Waals surface area contributed by atoms with Crippen LogP contribution in [0.4, 0.5) is 4.79 Å². The maximum Gasteiger partial charge on any atom is 0.406 e. The number of aliphatic hydroxyl groups excluding tert-OH is 4. The number of hydrogen-bond donors (Lipinski definition) is 6. The first-order valence-corrected chi connectivity index (χ1v) is 7.82. The van der Waals surface area contributed by atoms with Crippen molar-refractivity contribution in [2.75, 3.05) is 20.3 Å². The summed E-state index contributed by atoms with van der Waals surface area (Å²) in [6.07, 6.45) is -5.11. The van der Waals surface area contributed by atoms with Crippen molar-refractivity contribution in [3.8, 4) is 0 Å². The molecule has 0 spiro atoms. The number of ether oxygens (including phenoxy) is 2. The van der Waals surface area contributed by atoms with Gasteiger partial charge in [0.2, 0.25) is 5.91 Å². The SMILES string of the molecule is COC(=O)NCCCCCC(=O)N[C@@H]1O[C@H](CO)[C@H](O)[C@H](O)[C@H]1O. The molecule has 1 fully saturated rings. The van der Waals surface area contributed by atoms with Crippen LogP contribution in [0.15, 0.2) is 0 Å². The van der Waals surface area contributed by atoms with Crippen LogP contribution in [0.25, 0.3) is 0 Å². The number of nitrogens with one attached hydrogen (secondary N) is 2. The van der Waals surface area contributed by atoms with Gasteiger partial charge in [-0.15, -0.1) is 0 Å². The van der Waals surface area contributed by atoms with Gasteiger partial charge in [0, 0.05) is 13.0 Å². The molecule has 1 saturated heterocycles. The fraction of sp³-hybridized carbons (Fsp3) is 0.857. The van der Waals surface area contributed by atoms with Gasteiger partial charge in [0.05, 0.1) is 13.7 Å². The van der Waals surface area contributed by atoms with Gasteiger partial charge in [0.25, 0.3) is 0 Å². The van der Waals surface area contributed by atoms with Crippen LogP contribution in [0.3, 0.4) is 0 Å². The lowest BCUT2D eigenvalue weighted by molar-refractivity contribution is -0.236. The summed E-state index contributed by atoms with van der Waals surface area (Å²) < 4.78 is 9.60. The monoisotopic (exact) mass is 350 g/mol. The Labute approximate surface area is 139 Å². The maximum atomic E-state index is 11.8. The van der Waals surface area contributed by atoms with Crippen molar-refractivity contribution >= 4 is 12.0 Å². The van der Waals surface area contributed by atoms with E-state index in [0.717, 1.165) is 0 Å². The largest absolute Gasteiger partial charge is 0.453 e. The molecular weight excluding hydrogens is 324 g/mol. The van der Waals surface area contributed by atoms with Gasteiger partial charge in [-0.1, -0.05) is 6.42 Å². The van der Waals surface area contributed by atoms with Gasteiger partial charge in [-0.2, -0.15) is 0 Å². The molecule has 0 bridgehead atoms. The molecule has 0 unspecified atom stereocenters. The Bertz CT molecular complexity index is 406. The van der Waals surface area contributed by atoms with E-state index in [4.69, 9.17) is 9.84 Å². The predicted octanol–water partition coefficient (Wildman–Crippen LogP) is -2.18. The van der Waals surface area contributed by atoms with E-state index < -0.39 is 43.3 Å². The zero-order valence-corrected chi connectivity index (χ0v) is 13.6. The summed E-state index contributed by atoms with van der Waals surface area (Å²) in [7, 11) is 1.28. The third kappa shape index (κ3) is 6.21. The van der Waals surface area contributed by atoms with Crippen LogP contribution in [-0.4, -0.2) is 83.3 Å². The van der Waals surface area contributed by atoms with Crippen LogP contribution in [-0.2, 0) is 14.3 Å². The molecule has 0 aromatic carbocycles. The summed E-state index contributed by atoms with van der Waals surface area (Å²) in [6, 6.07) is 0. The average Bonchev–Trinajstić information content (AvgIpc) is 2.58. The minimum absolute atomic E-state index is 0.174. The van der Waals surface area contributed by atoms with Crippen molar-refractivity contribution in [1.29, 1.82) is 0 Å². The maximum absolute atomic E-state index is 11.8.